The fourth-order valence-electron chi connectivity index (χ4n) is 8.24. The summed E-state index contributed by atoms with van der Waals surface area (Å²) in [5, 5.41) is 7.36. The van der Waals surface area contributed by atoms with Gasteiger partial charge in [0, 0.05) is 81.7 Å². The lowest BCUT2D eigenvalue weighted by Crippen LogP contribution is -2.59. The number of nitrogens with one attached hydrogen (secondary N) is 3. The van der Waals surface area contributed by atoms with Crippen LogP contribution in [0.1, 0.15) is 42.4 Å². The molecule has 1 unspecified atom stereocenters. The van der Waals surface area contributed by atoms with Gasteiger partial charge < -0.3 is 35.2 Å². The molecule has 3 saturated heterocycles. The van der Waals surface area contributed by atoms with Crippen molar-refractivity contribution in [2.24, 2.45) is 0 Å². The number of H-pyrrole nitrogens is 1. The van der Waals surface area contributed by atoms with Gasteiger partial charge in [0.2, 0.25) is 5.91 Å². The summed E-state index contributed by atoms with van der Waals surface area (Å²) in [7, 11) is 2.19. The number of amides is 5. The fraction of sp³-hybridized carbons (Fsp3) is 0.541. The Morgan fingerprint density at radius 1 is 0.875 bits per heavy atom. The van der Waals surface area contributed by atoms with Gasteiger partial charge in [-0.05, 0) is 99.4 Å². The van der Waals surface area contributed by atoms with E-state index in [1.807, 2.05) is 39.1 Å². The zero-order chi connectivity index (χ0) is 33.2. The van der Waals surface area contributed by atoms with Gasteiger partial charge in [0.25, 0.3) is 0 Å². The molecule has 2 aromatic carbocycles. The van der Waals surface area contributed by atoms with E-state index in [1.165, 1.54) is 12.8 Å². The van der Waals surface area contributed by atoms with Crippen molar-refractivity contribution >= 4 is 34.6 Å². The highest BCUT2D eigenvalue weighted by Crippen LogP contribution is 2.26. The van der Waals surface area contributed by atoms with Crippen LogP contribution in [0.2, 0.25) is 0 Å². The number of carbonyl (C=O) groups is 3. The number of anilines is 1. The van der Waals surface area contributed by atoms with E-state index in [2.05, 4.69) is 63.7 Å². The minimum absolute atomic E-state index is 0.00566. The Balaban J connectivity index is 0.996. The molecule has 4 aliphatic heterocycles. The van der Waals surface area contributed by atoms with Gasteiger partial charge in [-0.3, -0.25) is 9.69 Å². The van der Waals surface area contributed by atoms with Crippen LogP contribution in [-0.2, 0) is 17.6 Å². The number of likely N-dealkylation sites (tertiary alicyclic amines) is 2. The number of urea groups is 2. The molecule has 7 rings (SSSR count). The van der Waals surface area contributed by atoms with Crippen LogP contribution in [0, 0.1) is 6.92 Å². The third-order valence-electron chi connectivity index (χ3n) is 11.1. The summed E-state index contributed by atoms with van der Waals surface area (Å²) >= 11 is 0. The molecular weight excluding hydrogens is 604 g/mol. The van der Waals surface area contributed by atoms with Crippen LogP contribution < -0.4 is 10.6 Å². The van der Waals surface area contributed by atoms with Crippen LogP contribution in [0.25, 0.3) is 10.9 Å². The Hall–Kier alpha value is -4.09. The largest absolute Gasteiger partial charge is 0.361 e. The first-order chi connectivity index (χ1) is 23.3. The first kappa shape index (κ1) is 32.5. The van der Waals surface area contributed by atoms with Gasteiger partial charge in [0.15, 0.2) is 0 Å². The number of hydrogen-bond acceptors (Lipinski definition) is 5. The summed E-state index contributed by atoms with van der Waals surface area (Å²) in [6.07, 6.45) is 6.95. The van der Waals surface area contributed by atoms with Crippen molar-refractivity contribution in [3.8, 4) is 0 Å². The first-order valence-electron chi connectivity index (χ1n) is 17.8. The van der Waals surface area contributed by atoms with E-state index in [-0.39, 0.29) is 24.0 Å². The average molecular weight is 655 g/mol. The molecule has 48 heavy (non-hydrogen) atoms. The number of hydrogen-bond donors (Lipinski definition) is 3. The lowest BCUT2D eigenvalue weighted by molar-refractivity contribution is -0.135. The van der Waals surface area contributed by atoms with Crippen LogP contribution in [0.15, 0.2) is 48.7 Å². The topological polar surface area (TPSA) is 107 Å². The standard InChI is InChI=1S/C37H50N8O3/c1-26-23-27(24-29-7-13-38-34(26)29)25-33(35(46)43-21-19-42(20-22-43)30-9-14-41(2)15-10-30)40-36(47)44-16-11-31(12-17-44)45-18-8-28-5-3-4-6-32(28)39-37(45)48/h3-7,13,23-24,30-31,33,38H,8-12,14-22,25H2,1-2H3,(H,39,48)(H,40,47). The maximum Gasteiger partial charge on any atom is 0.322 e. The molecule has 0 spiro atoms. The minimum Gasteiger partial charge on any atom is -0.361 e. The van der Waals surface area contributed by atoms with Gasteiger partial charge >= 0.3 is 12.1 Å². The average Bonchev–Trinajstić information content (AvgIpc) is 3.52. The monoisotopic (exact) mass is 654 g/mol. The van der Waals surface area contributed by atoms with Crippen molar-refractivity contribution in [2.75, 3.05) is 71.3 Å². The number of benzene rings is 2. The fourth-order valence-corrected chi connectivity index (χ4v) is 8.24. The normalized spacial score (nSPS) is 21.1. The summed E-state index contributed by atoms with van der Waals surface area (Å²) < 4.78 is 0. The van der Waals surface area contributed by atoms with Crippen LogP contribution in [0.4, 0.5) is 15.3 Å². The molecule has 0 bridgehead atoms. The minimum atomic E-state index is -0.657. The molecule has 1 aromatic heterocycles. The second kappa shape index (κ2) is 14.2. The SMILES string of the molecule is Cc1cc(CC(NC(=O)N2CCC(N3CCc4ccccc4NC3=O)CC2)C(=O)N2CCN(C3CCN(C)CC3)CC2)cc2cc[nH]c12. The predicted molar refractivity (Wildman–Crippen MR) is 188 cm³/mol. The van der Waals surface area contributed by atoms with Crippen molar-refractivity contribution in [1.29, 1.82) is 0 Å². The van der Waals surface area contributed by atoms with E-state index < -0.39 is 6.04 Å². The zero-order valence-electron chi connectivity index (χ0n) is 28.4. The van der Waals surface area contributed by atoms with Crippen molar-refractivity contribution in [3.05, 3.63) is 65.4 Å². The lowest BCUT2D eigenvalue weighted by Gasteiger charge is -2.43. The molecule has 0 aliphatic carbocycles. The first-order valence-corrected chi connectivity index (χ1v) is 17.8. The summed E-state index contributed by atoms with van der Waals surface area (Å²) in [6, 6.07) is 14.0. The van der Waals surface area contributed by atoms with Crippen molar-refractivity contribution in [1.82, 2.24) is 34.8 Å². The zero-order valence-corrected chi connectivity index (χ0v) is 28.4. The van der Waals surface area contributed by atoms with E-state index in [0.29, 0.717) is 58.0 Å². The second-order valence-corrected chi connectivity index (χ2v) is 14.2. The quantitative estimate of drug-likeness (QED) is 0.374. The number of fused-ring (bicyclic) bond motifs is 2. The van der Waals surface area contributed by atoms with E-state index in [4.69, 9.17) is 0 Å². The molecule has 11 heteroatoms. The predicted octanol–water partition coefficient (Wildman–Crippen LogP) is 3.89. The molecule has 3 aromatic rings. The Morgan fingerprint density at radius 2 is 1.60 bits per heavy atom. The third kappa shape index (κ3) is 7.03. The number of piperidine rings is 2. The molecule has 0 radical (unpaired) electrons. The summed E-state index contributed by atoms with van der Waals surface area (Å²) in [6.45, 7) is 9.17. The van der Waals surface area contributed by atoms with Crippen molar-refractivity contribution in [3.63, 3.8) is 0 Å². The molecule has 3 N–H and O–H groups in total. The summed E-state index contributed by atoms with van der Waals surface area (Å²) in [5.41, 5.74) is 5.29. The maximum absolute atomic E-state index is 14.2. The van der Waals surface area contributed by atoms with E-state index in [9.17, 15) is 14.4 Å². The van der Waals surface area contributed by atoms with E-state index in [1.54, 1.807) is 0 Å². The lowest BCUT2D eigenvalue weighted by atomic mass is 9.99. The third-order valence-corrected chi connectivity index (χ3v) is 11.1. The highest BCUT2D eigenvalue weighted by molar-refractivity contribution is 5.91. The number of nitrogens with zero attached hydrogens (tertiary/aromatic N) is 5. The number of rotatable bonds is 6. The Labute approximate surface area is 283 Å². The van der Waals surface area contributed by atoms with Crippen LogP contribution >= 0.6 is 0 Å². The van der Waals surface area contributed by atoms with Crippen LogP contribution in [-0.4, -0.2) is 132 Å². The Morgan fingerprint density at radius 3 is 2.38 bits per heavy atom. The van der Waals surface area contributed by atoms with Gasteiger partial charge in [0.1, 0.15) is 6.04 Å². The molecule has 5 amide bonds. The summed E-state index contributed by atoms with van der Waals surface area (Å²) in [5.74, 6) is -0.00566. The van der Waals surface area contributed by atoms with Crippen molar-refractivity contribution in [2.45, 2.75) is 63.6 Å². The molecule has 0 saturated carbocycles. The van der Waals surface area contributed by atoms with Crippen molar-refractivity contribution < 1.29 is 14.4 Å². The van der Waals surface area contributed by atoms with Gasteiger partial charge in [-0.15, -0.1) is 0 Å². The number of aromatic nitrogens is 1. The molecule has 3 fully saturated rings. The molecule has 1 atom stereocenters. The highest BCUT2D eigenvalue weighted by atomic mass is 16.2. The molecular formula is C37H50N8O3. The van der Waals surface area contributed by atoms with Gasteiger partial charge in [-0.2, -0.15) is 0 Å². The van der Waals surface area contributed by atoms with Gasteiger partial charge in [-0.1, -0.05) is 24.3 Å². The summed E-state index contributed by atoms with van der Waals surface area (Å²) in [4.78, 5) is 55.1. The Kier molecular flexibility index (Phi) is 9.59. The highest BCUT2D eigenvalue weighted by Gasteiger charge is 2.35. The molecule has 11 nitrogen and oxygen atoms in total. The van der Waals surface area contributed by atoms with Crippen LogP contribution in [0.3, 0.4) is 0 Å². The number of piperazine rings is 1. The maximum atomic E-state index is 14.2. The van der Waals surface area contributed by atoms with E-state index >= 15 is 0 Å². The number of para-hydroxylation sites is 1. The number of aromatic amines is 1. The molecule has 4 aliphatic rings. The van der Waals surface area contributed by atoms with Crippen LogP contribution in [0.5, 0.6) is 0 Å². The number of carbonyl (C=O) groups excluding carboxylic acids is 3. The molecule has 256 valence electrons. The smallest absolute Gasteiger partial charge is 0.322 e. The van der Waals surface area contributed by atoms with Gasteiger partial charge in [0.05, 0.1) is 0 Å². The number of aryl methyl sites for hydroxylation is 1. The van der Waals surface area contributed by atoms with E-state index in [0.717, 1.165) is 65.9 Å². The Bertz CT molecular complexity index is 1620. The molecule has 5 heterocycles. The van der Waals surface area contributed by atoms with Gasteiger partial charge in [-0.25, -0.2) is 9.59 Å². The second-order valence-electron chi connectivity index (χ2n) is 14.2.